The Labute approximate surface area is 179 Å². The molecule has 2 aliphatic rings. The van der Waals surface area contributed by atoms with Gasteiger partial charge in [-0.3, -0.25) is 0 Å². The number of rotatable bonds is 2. The summed E-state index contributed by atoms with van der Waals surface area (Å²) in [6, 6.07) is 4.73. The van der Waals surface area contributed by atoms with Crippen LogP contribution in [-0.4, -0.2) is 46.5 Å². The molecule has 0 radical (unpaired) electrons. The molecule has 0 spiro atoms. The summed E-state index contributed by atoms with van der Waals surface area (Å²) in [5.74, 6) is -3.45. The van der Waals surface area contributed by atoms with Crippen LogP contribution in [0.25, 0.3) is 0 Å². The summed E-state index contributed by atoms with van der Waals surface area (Å²) in [5, 5.41) is 10.3. The predicted molar refractivity (Wildman–Crippen MR) is 94.4 cm³/mol. The zero-order valence-corrected chi connectivity index (χ0v) is 16.5. The summed E-state index contributed by atoms with van der Waals surface area (Å²) >= 11 is 0. The number of pyridine rings is 2. The Hall–Kier alpha value is -2.70. The van der Waals surface area contributed by atoms with Crippen molar-refractivity contribution in [3.63, 3.8) is 0 Å². The first-order valence-corrected chi connectivity index (χ1v) is 7.78. The second-order valence-electron chi connectivity index (χ2n) is 5.60. The van der Waals surface area contributed by atoms with Gasteiger partial charge in [0.1, 0.15) is 0 Å². The second kappa shape index (κ2) is 9.67. The summed E-state index contributed by atoms with van der Waals surface area (Å²) in [5.41, 5.74) is 0.235. The molecule has 0 saturated carbocycles. The monoisotopic (exact) mass is 501 g/mol. The summed E-state index contributed by atoms with van der Waals surface area (Å²) in [6.45, 7) is 3.11. The third-order valence-corrected chi connectivity index (χ3v) is 3.38. The average molecular weight is 502 g/mol. The van der Waals surface area contributed by atoms with Gasteiger partial charge in [-0.25, -0.2) is 0 Å². The van der Waals surface area contributed by atoms with Crippen molar-refractivity contribution in [1.29, 1.82) is 0 Å². The van der Waals surface area contributed by atoms with Crippen LogP contribution < -0.4 is 10.0 Å². The van der Waals surface area contributed by atoms with E-state index in [1.54, 1.807) is 37.2 Å². The minimum absolute atomic E-state index is 0. The first-order valence-electron chi connectivity index (χ1n) is 7.78. The molecule has 0 fully saturated rings. The van der Waals surface area contributed by atoms with E-state index in [0.29, 0.717) is 0 Å². The molecule has 4 heterocycles. The second-order valence-corrected chi connectivity index (χ2v) is 5.60. The Balaban J connectivity index is 0.000000200. The molecule has 0 N–H and O–H groups in total. The van der Waals surface area contributed by atoms with E-state index in [4.69, 9.17) is 0 Å². The van der Waals surface area contributed by atoms with Crippen LogP contribution in [0.2, 0.25) is 0 Å². The van der Waals surface area contributed by atoms with E-state index < -0.39 is 23.8 Å². The topological polar surface area (TPSA) is 63.5 Å². The van der Waals surface area contributed by atoms with Crippen molar-refractivity contribution in [2.45, 2.75) is 0 Å². The molecule has 0 atom stereocenters. The molecule has 2 aromatic rings. The van der Waals surface area contributed by atoms with Gasteiger partial charge in [-0.1, -0.05) is 0 Å². The number of anilines is 2. The summed E-state index contributed by atoms with van der Waals surface area (Å²) < 4.78 is 51.2. The van der Waals surface area contributed by atoms with E-state index in [1.165, 1.54) is 34.8 Å². The van der Waals surface area contributed by atoms with Crippen molar-refractivity contribution in [3.05, 3.63) is 61.4 Å². The van der Waals surface area contributed by atoms with E-state index in [-0.39, 0.29) is 33.8 Å². The van der Waals surface area contributed by atoms with E-state index >= 15 is 0 Å². The zero-order valence-electron chi connectivity index (χ0n) is 15.0. The van der Waals surface area contributed by atoms with E-state index in [1.807, 2.05) is 0 Å². The zero-order chi connectivity index (χ0) is 20.3. The van der Waals surface area contributed by atoms with Crippen molar-refractivity contribution in [1.82, 2.24) is 19.8 Å². The number of hydrogen-bond donors (Lipinski definition) is 0. The maximum Gasteiger partial charge on any atom is 1.00 e. The average Bonchev–Trinajstić information content (AvgIpc) is 3.24. The van der Waals surface area contributed by atoms with E-state index in [2.05, 4.69) is 20.2 Å². The van der Waals surface area contributed by atoms with Gasteiger partial charge >= 0.3 is 22.4 Å². The van der Waals surface area contributed by atoms with Gasteiger partial charge in [0, 0.05) is 0 Å². The summed E-state index contributed by atoms with van der Waals surface area (Å²) in [7, 11) is 3.50. The normalized spacial score (nSPS) is 14.8. The Morgan fingerprint density at radius 1 is 0.690 bits per heavy atom. The Morgan fingerprint density at radius 3 is 1.34 bits per heavy atom. The Bertz CT molecular complexity index is 839. The predicted octanol–water partition coefficient (Wildman–Crippen LogP) is 2.35. The molecule has 0 aromatic carbocycles. The molecule has 0 saturated heterocycles. The van der Waals surface area contributed by atoms with Crippen LogP contribution in [0.3, 0.4) is 0 Å². The molecular weight excluding hydrogens is 488 g/mol. The largest absolute Gasteiger partial charge is 1.00 e. The van der Waals surface area contributed by atoms with Crippen molar-refractivity contribution in [3.8, 4) is 0 Å². The Morgan fingerprint density at radius 2 is 1.07 bits per heavy atom. The molecule has 0 aliphatic carbocycles. The van der Waals surface area contributed by atoms with Gasteiger partial charge in [0.25, 0.3) is 0 Å². The molecule has 2 aromatic heterocycles. The van der Waals surface area contributed by atoms with E-state index in [0.717, 1.165) is 12.1 Å². The van der Waals surface area contributed by atoms with Gasteiger partial charge in [0.05, 0.1) is 24.1 Å². The first-order chi connectivity index (χ1) is 13.3. The number of nitrogens with zero attached hydrogens (tertiary/aromatic N) is 8. The van der Waals surface area contributed by atoms with Crippen molar-refractivity contribution in [2.24, 2.45) is 10.2 Å². The minimum Gasteiger partial charge on any atom is -0.493 e. The van der Waals surface area contributed by atoms with Gasteiger partial charge in [0.2, 0.25) is 23.8 Å². The number of hydrazone groups is 2. The molecular formula is C16H14AgF4N8-. The van der Waals surface area contributed by atoms with Crippen molar-refractivity contribution in [2.75, 3.05) is 24.1 Å². The fourth-order valence-corrected chi connectivity index (χ4v) is 2.14. The van der Waals surface area contributed by atoms with Crippen LogP contribution in [-0.2, 0) is 22.4 Å². The SMILES string of the molecule is CN1C=NN(c2ccc(F)nc2F)[CH-]1.CN1C=NN(c2ccc(F)nc2F)[CH-]1.[Ag+]. The quantitative estimate of drug-likeness (QED) is 0.272. The fourth-order valence-electron chi connectivity index (χ4n) is 2.14. The minimum atomic E-state index is -0.881. The van der Waals surface area contributed by atoms with Gasteiger partial charge in [-0.15, -0.1) is 13.3 Å². The first kappa shape index (κ1) is 22.6. The molecule has 158 valence electrons. The third kappa shape index (κ3) is 5.65. The maximum absolute atomic E-state index is 13.1. The smallest absolute Gasteiger partial charge is 0.493 e. The van der Waals surface area contributed by atoms with Crippen LogP contribution in [0.15, 0.2) is 34.5 Å². The van der Waals surface area contributed by atoms with Crippen molar-refractivity contribution >= 4 is 24.1 Å². The van der Waals surface area contributed by atoms with Gasteiger partial charge in [-0.05, 0) is 38.4 Å². The number of hydrogen-bond acceptors (Lipinski definition) is 8. The van der Waals surface area contributed by atoms with Crippen LogP contribution in [0, 0.1) is 37.1 Å². The summed E-state index contributed by atoms with van der Waals surface area (Å²) in [6.07, 6.45) is 3.01. The van der Waals surface area contributed by atoms with Crippen LogP contribution in [0.5, 0.6) is 0 Å². The molecule has 0 unspecified atom stereocenters. The molecule has 8 nitrogen and oxygen atoms in total. The molecule has 29 heavy (non-hydrogen) atoms. The summed E-state index contributed by atoms with van der Waals surface area (Å²) in [4.78, 5) is 9.39. The molecule has 0 bridgehead atoms. The maximum atomic E-state index is 13.1. The van der Waals surface area contributed by atoms with Crippen LogP contribution >= 0.6 is 0 Å². The standard InChI is InChI=1S/2C8H7F2N4.Ag/c2*1-13-4-11-14(5-13)6-2-3-7(9)12-8(6)10;/h2*2-5H,1H3;/q2*-1;+1. The van der Waals surface area contributed by atoms with Gasteiger partial charge in [-0.2, -0.15) is 37.7 Å². The number of aromatic nitrogens is 2. The van der Waals surface area contributed by atoms with Gasteiger partial charge < -0.3 is 19.8 Å². The Kier molecular flexibility index (Phi) is 7.53. The molecule has 0 amide bonds. The molecule has 4 rings (SSSR count). The fraction of sp³-hybridized carbons (Fsp3) is 0.125. The van der Waals surface area contributed by atoms with Crippen molar-refractivity contribution < 1.29 is 39.9 Å². The molecule has 2 aliphatic heterocycles. The van der Waals surface area contributed by atoms with Gasteiger partial charge in [0.15, 0.2) is 0 Å². The number of halogens is 4. The molecule has 13 heteroatoms. The third-order valence-electron chi connectivity index (χ3n) is 3.38. The van der Waals surface area contributed by atoms with E-state index in [9.17, 15) is 17.6 Å². The van der Waals surface area contributed by atoms with Crippen LogP contribution in [0.4, 0.5) is 28.9 Å². The van der Waals surface area contributed by atoms with Crippen LogP contribution in [0.1, 0.15) is 0 Å².